The molecule has 0 unspecified atom stereocenters. The predicted molar refractivity (Wildman–Crippen MR) is 77.8 cm³/mol. The van der Waals surface area contributed by atoms with Crippen LogP contribution >= 0.6 is 0 Å². The van der Waals surface area contributed by atoms with E-state index in [2.05, 4.69) is 15.4 Å². The summed E-state index contributed by atoms with van der Waals surface area (Å²) in [5.41, 5.74) is -1.61. The van der Waals surface area contributed by atoms with Crippen LogP contribution < -0.4 is 22.1 Å². The van der Waals surface area contributed by atoms with Crippen molar-refractivity contribution in [1.82, 2.24) is 24.6 Å². The second-order valence-electron chi connectivity index (χ2n) is 4.57. The van der Waals surface area contributed by atoms with Crippen molar-refractivity contribution >= 4 is 5.91 Å². The van der Waals surface area contributed by atoms with Crippen LogP contribution in [0.4, 0.5) is 0 Å². The molecule has 0 aromatic carbocycles. The second-order valence-corrected chi connectivity index (χ2v) is 4.57. The maximum Gasteiger partial charge on any atom is 0.328 e. The molecule has 2 N–H and O–H groups in total. The monoisotopic (exact) mass is 305 g/mol. The maximum atomic E-state index is 11.9. The van der Waals surface area contributed by atoms with E-state index < -0.39 is 17.2 Å². The van der Waals surface area contributed by atoms with Crippen molar-refractivity contribution in [2.75, 3.05) is 6.54 Å². The quantitative estimate of drug-likeness (QED) is 0.648. The molecular weight excluding hydrogens is 290 g/mol. The molecule has 0 saturated carbocycles. The van der Waals surface area contributed by atoms with E-state index in [-0.39, 0.29) is 17.7 Å². The Labute approximate surface area is 124 Å². The molecule has 0 aliphatic carbocycles. The third-order valence-corrected chi connectivity index (χ3v) is 3.04. The Balaban J connectivity index is 1.93. The van der Waals surface area contributed by atoms with Gasteiger partial charge in [-0.15, -0.1) is 0 Å². The van der Waals surface area contributed by atoms with Crippen molar-refractivity contribution in [2.45, 2.75) is 13.0 Å². The van der Waals surface area contributed by atoms with Gasteiger partial charge < -0.3 is 10.3 Å². The zero-order chi connectivity index (χ0) is 16.1. The van der Waals surface area contributed by atoms with Gasteiger partial charge in [-0.2, -0.15) is 5.10 Å². The summed E-state index contributed by atoms with van der Waals surface area (Å²) in [5.74, 6) is -0.579. The average molecular weight is 305 g/mol. The predicted octanol–water partition coefficient (Wildman–Crippen LogP) is -1.55. The van der Waals surface area contributed by atoms with Crippen molar-refractivity contribution in [2.24, 2.45) is 7.05 Å². The molecule has 0 radical (unpaired) electrons. The standard InChI is InChI=1S/C13H15N5O4/c1-17-12(21)9(8-15-13(17)22)11(20)14-5-3-7-18-10(19)4-2-6-16-18/h2,4,6,8H,3,5,7H2,1H3,(H,14,20)(H,15,22). The summed E-state index contributed by atoms with van der Waals surface area (Å²) < 4.78 is 2.10. The van der Waals surface area contributed by atoms with Crippen LogP contribution in [0, 0.1) is 0 Å². The van der Waals surface area contributed by atoms with Gasteiger partial charge >= 0.3 is 5.69 Å². The van der Waals surface area contributed by atoms with E-state index in [0.29, 0.717) is 13.0 Å². The van der Waals surface area contributed by atoms with Crippen LogP contribution in [-0.4, -0.2) is 31.8 Å². The molecular formula is C13H15N5O4. The van der Waals surface area contributed by atoms with E-state index >= 15 is 0 Å². The molecule has 0 aliphatic rings. The highest BCUT2D eigenvalue weighted by Gasteiger charge is 2.12. The Morgan fingerprint density at radius 1 is 1.36 bits per heavy atom. The van der Waals surface area contributed by atoms with Gasteiger partial charge in [-0.3, -0.25) is 19.0 Å². The third kappa shape index (κ3) is 3.37. The summed E-state index contributed by atoms with van der Waals surface area (Å²) in [7, 11) is 1.28. The lowest BCUT2D eigenvalue weighted by molar-refractivity contribution is 0.0950. The van der Waals surface area contributed by atoms with E-state index in [1.807, 2.05) is 0 Å². The van der Waals surface area contributed by atoms with Crippen molar-refractivity contribution in [1.29, 1.82) is 0 Å². The summed E-state index contributed by atoms with van der Waals surface area (Å²) in [6.45, 7) is 0.619. The normalized spacial score (nSPS) is 10.4. The van der Waals surface area contributed by atoms with Crippen molar-refractivity contribution in [3.05, 3.63) is 61.3 Å². The molecule has 2 rings (SSSR count). The topological polar surface area (TPSA) is 119 Å². The highest BCUT2D eigenvalue weighted by molar-refractivity contribution is 5.93. The van der Waals surface area contributed by atoms with Gasteiger partial charge in [0.05, 0.1) is 0 Å². The molecule has 2 aromatic heterocycles. The molecule has 22 heavy (non-hydrogen) atoms. The van der Waals surface area contributed by atoms with E-state index in [4.69, 9.17) is 0 Å². The van der Waals surface area contributed by atoms with Gasteiger partial charge in [-0.25, -0.2) is 9.48 Å². The Morgan fingerprint density at radius 2 is 2.14 bits per heavy atom. The van der Waals surface area contributed by atoms with Crippen LogP contribution in [0.5, 0.6) is 0 Å². The molecule has 2 heterocycles. The van der Waals surface area contributed by atoms with E-state index in [9.17, 15) is 19.2 Å². The molecule has 0 saturated heterocycles. The number of aromatic nitrogens is 4. The first kappa shape index (κ1) is 15.4. The van der Waals surface area contributed by atoms with Crippen LogP contribution in [0.25, 0.3) is 0 Å². The Bertz CT molecular complexity index is 848. The zero-order valence-electron chi connectivity index (χ0n) is 11.9. The average Bonchev–Trinajstić information content (AvgIpc) is 2.50. The minimum atomic E-state index is -0.665. The van der Waals surface area contributed by atoms with Gasteiger partial charge in [0.25, 0.3) is 17.0 Å². The fraction of sp³-hybridized carbons (Fsp3) is 0.308. The molecule has 116 valence electrons. The summed E-state index contributed by atoms with van der Waals surface area (Å²) in [6.07, 6.45) is 3.07. The molecule has 0 bridgehead atoms. The third-order valence-electron chi connectivity index (χ3n) is 3.04. The molecule has 0 aliphatic heterocycles. The van der Waals surface area contributed by atoms with Crippen molar-refractivity contribution in [3.8, 4) is 0 Å². The van der Waals surface area contributed by atoms with E-state index in [1.54, 1.807) is 6.07 Å². The number of hydrogen-bond acceptors (Lipinski definition) is 5. The zero-order valence-corrected chi connectivity index (χ0v) is 11.9. The minimum absolute atomic E-state index is 0.142. The molecule has 2 aromatic rings. The summed E-state index contributed by atoms with van der Waals surface area (Å²) >= 11 is 0. The van der Waals surface area contributed by atoms with Gasteiger partial charge in [0.1, 0.15) is 5.56 Å². The van der Waals surface area contributed by atoms with E-state index in [0.717, 1.165) is 10.8 Å². The highest BCUT2D eigenvalue weighted by Crippen LogP contribution is 1.88. The Morgan fingerprint density at radius 3 is 2.86 bits per heavy atom. The number of amides is 1. The summed E-state index contributed by atoms with van der Waals surface area (Å²) in [4.78, 5) is 48.6. The fourth-order valence-corrected chi connectivity index (χ4v) is 1.81. The number of carbonyl (C=O) groups is 1. The smallest absolute Gasteiger partial charge is 0.328 e. The number of aryl methyl sites for hydroxylation is 1. The lowest BCUT2D eigenvalue weighted by Gasteiger charge is -2.06. The van der Waals surface area contributed by atoms with Crippen molar-refractivity contribution in [3.63, 3.8) is 0 Å². The van der Waals surface area contributed by atoms with Crippen LogP contribution in [0.1, 0.15) is 16.8 Å². The molecule has 0 spiro atoms. The first-order valence-corrected chi connectivity index (χ1v) is 6.60. The number of aromatic amines is 1. The van der Waals surface area contributed by atoms with Crippen LogP contribution in [0.15, 0.2) is 38.9 Å². The number of nitrogens with zero attached hydrogens (tertiary/aromatic N) is 3. The molecule has 1 amide bonds. The number of rotatable bonds is 5. The molecule has 0 atom stereocenters. The number of hydrogen-bond donors (Lipinski definition) is 2. The maximum absolute atomic E-state index is 11.9. The Hall–Kier alpha value is -2.97. The first-order valence-electron chi connectivity index (χ1n) is 6.60. The van der Waals surface area contributed by atoms with Gasteiger partial charge in [-0.1, -0.05) is 0 Å². The SMILES string of the molecule is Cn1c(=O)[nH]cc(C(=O)NCCCn2ncccc2=O)c1=O. The van der Waals surface area contributed by atoms with Gasteiger partial charge in [-0.05, 0) is 12.5 Å². The van der Waals surface area contributed by atoms with E-state index in [1.165, 1.54) is 24.0 Å². The summed E-state index contributed by atoms with van der Waals surface area (Å²) in [6, 6.07) is 2.95. The number of carbonyl (C=O) groups excluding carboxylic acids is 1. The van der Waals surface area contributed by atoms with Gasteiger partial charge in [0.15, 0.2) is 0 Å². The van der Waals surface area contributed by atoms with Crippen LogP contribution in [-0.2, 0) is 13.6 Å². The van der Waals surface area contributed by atoms with Crippen LogP contribution in [0.3, 0.4) is 0 Å². The lowest BCUT2D eigenvalue weighted by atomic mass is 10.3. The van der Waals surface area contributed by atoms with Gasteiger partial charge in [0, 0.05) is 38.6 Å². The van der Waals surface area contributed by atoms with Crippen molar-refractivity contribution < 1.29 is 4.79 Å². The highest BCUT2D eigenvalue weighted by atomic mass is 16.2. The molecule has 0 fully saturated rings. The minimum Gasteiger partial charge on any atom is -0.352 e. The number of H-pyrrole nitrogens is 1. The van der Waals surface area contributed by atoms with Gasteiger partial charge in [0.2, 0.25) is 0 Å². The Kier molecular flexibility index (Phi) is 4.66. The number of nitrogens with one attached hydrogen (secondary N) is 2. The second kappa shape index (κ2) is 6.66. The molecule has 9 nitrogen and oxygen atoms in total. The lowest BCUT2D eigenvalue weighted by Crippen LogP contribution is -2.39. The first-order chi connectivity index (χ1) is 10.5. The molecule has 9 heteroatoms. The fourth-order valence-electron chi connectivity index (χ4n) is 1.81. The summed E-state index contributed by atoms with van der Waals surface area (Å²) in [5, 5.41) is 6.45. The largest absolute Gasteiger partial charge is 0.352 e. The van der Waals surface area contributed by atoms with Crippen LogP contribution in [0.2, 0.25) is 0 Å².